The lowest BCUT2D eigenvalue weighted by Gasteiger charge is -2.27. The van der Waals surface area contributed by atoms with Gasteiger partial charge in [0.2, 0.25) is 0 Å². The Morgan fingerprint density at radius 3 is 2.53 bits per heavy atom. The van der Waals surface area contributed by atoms with Crippen molar-refractivity contribution in [1.29, 1.82) is 0 Å². The van der Waals surface area contributed by atoms with Crippen LogP contribution in [0.25, 0.3) is 0 Å². The van der Waals surface area contributed by atoms with E-state index in [0.29, 0.717) is 12.2 Å². The van der Waals surface area contributed by atoms with Crippen LogP contribution < -0.4 is 0 Å². The third-order valence-corrected chi connectivity index (χ3v) is 3.12. The minimum atomic E-state index is 0.186. The molecule has 0 aliphatic heterocycles. The summed E-state index contributed by atoms with van der Waals surface area (Å²) in [6.07, 6.45) is 2.29. The van der Waals surface area contributed by atoms with Gasteiger partial charge in [-0.25, -0.2) is 0 Å². The molecule has 0 unspecified atom stereocenters. The largest absolute Gasteiger partial charge is 0.299 e. The molecule has 1 aliphatic rings. The third-order valence-electron chi connectivity index (χ3n) is 3.12. The van der Waals surface area contributed by atoms with E-state index in [4.69, 9.17) is 0 Å². The maximum Gasteiger partial charge on any atom is 0.137 e. The van der Waals surface area contributed by atoms with Crippen LogP contribution in [0.4, 0.5) is 0 Å². The summed E-state index contributed by atoms with van der Waals surface area (Å²) in [5.74, 6) is 0.383. The fourth-order valence-corrected chi connectivity index (χ4v) is 2.36. The summed E-state index contributed by atoms with van der Waals surface area (Å²) in [4.78, 5) is 11.4. The van der Waals surface area contributed by atoms with Crippen molar-refractivity contribution in [2.45, 2.75) is 45.4 Å². The van der Waals surface area contributed by atoms with E-state index in [0.717, 1.165) is 12.8 Å². The zero-order chi connectivity index (χ0) is 11.1. The molecule has 1 heteroatoms. The van der Waals surface area contributed by atoms with E-state index in [9.17, 15) is 4.79 Å². The summed E-state index contributed by atoms with van der Waals surface area (Å²) < 4.78 is 0. The number of benzene rings is 1. The molecule has 0 amide bonds. The van der Waals surface area contributed by atoms with Crippen LogP contribution in [0.15, 0.2) is 18.2 Å². The first-order chi connectivity index (χ1) is 6.98. The monoisotopic (exact) mass is 202 g/mol. The van der Waals surface area contributed by atoms with Crippen LogP contribution >= 0.6 is 0 Å². The summed E-state index contributed by atoms with van der Waals surface area (Å²) in [5.41, 5.74) is 4.27. The highest BCUT2D eigenvalue weighted by Crippen LogP contribution is 2.31. The van der Waals surface area contributed by atoms with Gasteiger partial charge in [-0.1, -0.05) is 39.0 Å². The number of rotatable bonds is 0. The van der Waals surface area contributed by atoms with Gasteiger partial charge in [0.1, 0.15) is 5.78 Å². The van der Waals surface area contributed by atoms with Crippen LogP contribution in [-0.2, 0) is 23.1 Å². The van der Waals surface area contributed by atoms with Gasteiger partial charge in [0.25, 0.3) is 0 Å². The summed E-state index contributed by atoms with van der Waals surface area (Å²) in [6, 6.07) is 6.38. The second-order valence-electron chi connectivity index (χ2n) is 5.41. The smallest absolute Gasteiger partial charge is 0.137 e. The van der Waals surface area contributed by atoms with Gasteiger partial charge in [0.05, 0.1) is 0 Å². The lowest BCUT2D eigenvalue weighted by molar-refractivity contribution is -0.118. The number of hydrogen-bond acceptors (Lipinski definition) is 1. The molecule has 0 saturated heterocycles. The van der Waals surface area contributed by atoms with Crippen molar-refractivity contribution >= 4 is 5.78 Å². The Bertz CT molecular complexity index is 396. The molecule has 1 aromatic carbocycles. The average Bonchev–Trinajstić information content (AvgIpc) is 2.15. The molecule has 0 saturated carbocycles. The lowest BCUT2D eigenvalue weighted by Crippen LogP contribution is -2.20. The Hall–Kier alpha value is -1.11. The molecule has 0 N–H and O–H groups in total. The van der Waals surface area contributed by atoms with Gasteiger partial charge in [-0.15, -0.1) is 0 Å². The number of fused-ring (bicyclic) bond motifs is 1. The maximum atomic E-state index is 11.4. The van der Waals surface area contributed by atoms with Gasteiger partial charge in [-0.05, 0) is 28.5 Å². The van der Waals surface area contributed by atoms with E-state index in [1.165, 1.54) is 16.7 Å². The van der Waals surface area contributed by atoms with Gasteiger partial charge in [0, 0.05) is 12.8 Å². The van der Waals surface area contributed by atoms with E-state index < -0.39 is 0 Å². The predicted octanol–water partition coefficient (Wildman–Crippen LogP) is 3.04. The molecule has 0 aromatic heterocycles. The Kier molecular flexibility index (Phi) is 2.41. The van der Waals surface area contributed by atoms with Gasteiger partial charge in [-0.2, -0.15) is 0 Å². The predicted molar refractivity (Wildman–Crippen MR) is 62.2 cm³/mol. The molecule has 0 heterocycles. The zero-order valence-corrected chi connectivity index (χ0v) is 9.76. The number of Topliss-reactive ketones (excluding diaryl/α,β-unsaturated/α-hetero) is 1. The maximum absolute atomic E-state index is 11.4. The first-order valence-electron chi connectivity index (χ1n) is 5.61. The Morgan fingerprint density at radius 2 is 1.87 bits per heavy atom. The highest BCUT2D eigenvalue weighted by atomic mass is 16.1. The van der Waals surface area contributed by atoms with Crippen LogP contribution in [-0.4, -0.2) is 5.78 Å². The molecule has 1 aromatic rings. The third kappa shape index (κ3) is 1.97. The normalized spacial score (nSPS) is 16.3. The second kappa shape index (κ2) is 3.48. The van der Waals surface area contributed by atoms with Crippen LogP contribution in [0.5, 0.6) is 0 Å². The highest BCUT2D eigenvalue weighted by Gasteiger charge is 2.23. The molecule has 15 heavy (non-hydrogen) atoms. The topological polar surface area (TPSA) is 17.1 Å². The Morgan fingerprint density at radius 1 is 1.13 bits per heavy atom. The number of carbonyl (C=O) groups is 1. The minimum absolute atomic E-state index is 0.186. The summed E-state index contributed by atoms with van der Waals surface area (Å²) in [5, 5.41) is 0. The molecule has 2 rings (SSSR count). The molecule has 0 radical (unpaired) electrons. The quantitative estimate of drug-likeness (QED) is 0.632. The Labute approximate surface area is 91.5 Å². The van der Waals surface area contributed by atoms with Gasteiger partial charge in [0.15, 0.2) is 0 Å². The zero-order valence-electron chi connectivity index (χ0n) is 9.76. The average molecular weight is 202 g/mol. The minimum Gasteiger partial charge on any atom is -0.299 e. The van der Waals surface area contributed by atoms with Crippen LogP contribution in [0.1, 0.15) is 43.9 Å². The summed E-state index contributed by atoms with van der Waals surface area (Å²) in [6.45, 7) is 6.71. The second-order valence-corrected chi connectivity index (χ2v) is 5.41. The van der Waals surface area contributed by atoms with Crippen molar-refractivity contribution in [3.63, 3.8) is 0 Å². The number of hydrogen-bond donors (Lipinski definition) is 0. The molecular weight excluding hydrogens is 184 g/mol. The molecule has 0 atom stereocenters. The van der Waals surface area contributed by atoms with Crippen molar-refractivity contribution in [1.82, 2.24) is 0 Å². The lowest BCUT2D eigenvalue weighted by atomic mass is 9.78. The number of carbonyl (C=O) groups excluding carboxylic acids is 1. The molecule has 1 nitrogen and oxygen atoms in total. The summed E-state index contributed by atoms with van der Waals surface area (Å²) >= 11 is 0. The van der Waals surface area contributed by atoms with Gasteiger partial charge < -0.3 is 0 Å². The summed E-state index contributed by atoms with van der Waals surface area (Å²) in [7, 11) is 0. The van der Waals surface area contributed by atoms with Crippen molar-refractivity contribution in [2.75, 3.05) is 0 Å². The fraction of sp³-hybridized carbons (Fsp3) is 0.500. The molecule has 0 spiro atoms. The molecule has 0 bridgehead atoms. The first-order valence-corrected chi connectivity index (χ1v) is 5.61. The van der Waals surface area contributed by atoms with Gasteiger partial charge >= 0.3 is 0 Å². The van der Waals surface area contributed by atoms with Crippen molar-refractivity contribution in [2.24, 2.45) is 0 Å². The van der Waals surface area contributed by atoms with E-state index in [1.54, 1.807) is 0 Å². The number of ketones is 1. The van der Waals surface area contributed by atoms with Crippen LogP contribution in [0, 0.1) is 0 Å². The van der Waals surface area contributed by atoms with E-state index in [1.807, 2.05) is 0 Å². The Balaban J connectivity index is 2.51. The van der Waals surface area contributed by atoms with E-state index in [-0.39, 0.29) is 5.41 Å². The molecular formula is C14H18O. The molecule has 1 aliphatic carbocycles. The van der Waals surface area contributed by atoms with E-state index in [2.05, 4.69) is 39.0 Å². The van der Waals surface area contributed by atoms with Crippen molar-refractivity contribution in [3.8, 4) is 0 Å². The molecule has 80 valence electrons. The standard InChI is InChI=1S/C14H18O/c1-14(2,3)13-6-4-5-10-9-11(15)7-8-12(10)13/h4-6H,7-9H2,1-3H3. The highest BCUT2D eigenvalue weighted by molar-refractivity contribution is 5.83. The van der Waals surface area contributed by atoms with Crippen molar-refractivity contribution in [3.05, 3.63) is 34.9 Å². The van der Waals surface area contributed by atoms with Crippen LogP contribution in [0.3, 0.4) is 0 Å². The SMILES string of the molecule is CC(C)(C)c1cccc2c1CCC(=O)C2. The van der Waals surface area contributed by atoms with Crippen molar-refractivity contribution < 1.29 is 4.79 Å². The van der Waals surface area contributed by atoms with E-state index >= 15 is 0 Å². The van der Waals surface area contributed by atoms with Crippen LogP contribution in [0.2, 0.25) is 0 Å². The molecule has 0 fully saturated rings. The first kappa shape index (κ1) is 10.4. The fourth-order valence-electron chi connectivity index (χ4n) is 2.36. The van der Waals surface area contributed by atoms with Gasteiger partial charge in [-0.3, -0.25) is 4.79 Å².